The van der Waals surface area contributed by atoms with Crippen LogP contribution in [-0.2, 0) is 0 Å². The van der Waals surface area contributed by atoms with Crippen molar-refractivity contribution >= 4 is 55.8 Å². The van der Waals surface area contributed by atoms with Crippen molar-refractivity contribution in [3.8, 4) is 11.1 Å². The van der Waals surface area contributed by atoms with Crippen molar-refractivity contribution in [3.63, 3.8) is 0 Å². The summed E-state index contributed by atoms with van der Waals surface area (Å²) >= 11 is 0. The van der Waals surface area contributed by atoms with Gasteiger partial charge in [0.2, 0.25) is 0 Å². The summed E-state index contributed by atoms with van der Waals surface area (Å²) in [5.74, 6) is 0. The molecule has 0 aliphatic carbocycles. The monoisotopic (exact) mass is 541 g/mol. The Morgan fingerprint density at radius 1 is 0.571 bits per heavy atom. The Balaban J connectivity index is 1.21. The highest BCUT2D eigenvalue weighted by Crippen LogP contribution is 2.37. The molecular weight excluding hydrogens is 514 g/mol. The number of furan rings is 1. The number of nitrogens with two attached hydrogens (primary N) is 1. The Labute approximate surface area is 243 Å². The summed E-state index contributed by atoms with van der Waals surface area (Å²) in [7, 11) is 0. The first-order valence-electron chi connectivity index (χ1n) is 14.1. The van der Waals surface area contributed by atoms with Crippen LogP contribution in [0.1, 0.15) is 17.2 Å². The molecule has 0 aliphatic heterocycles. The molecule has 0 bridgehead atoms. The highest BCUT2D eigenvalue weighted by Gasteiger charge is 2.16. The largest absolute Gasteiger partial charge is 0.456 e. The number of aliphatic imine (C=N–C) groups is 1. The molecular formula is C38H27N3O. The van der Waals surface area contributed by atoms with Crippen molar-refractivity contribution in [3.05, 3.63) is 151 Å². The van der Waals surface area contributed by atoms with Gasteiger partial charge in [0, 0.05) is 21.5 Å². The van der Waals surface area contributed by atoms with Gasteiger partial charge in [-0.1, -0.05) is 109 Å². The molecule has 0 saturated carbocycles. The fourth-order valence-corrected chi connectivity index (χ4v) is 6.02. The van der Waals surface area contributed by atoms with Gasteiger partial charge in [-0.15, -0.1) is 0 Å². The Kier molecular flexibility index (Phi) is 5.73. The third-order valence-electron chi connectivity index (χ3n) is 8.17. The van der Waals surface area contributed by atoms with Crippen molar-refractivity contribution in [1.82, 2.24) is 4.57 Å². The molecule has 1 unspecified atom stereocenters. The second-order valence-electron chi connectivity index (χ2n) is 10.6. The average Bonchev–Trinajstić information content (AvgIpc) is 3.57. The second kappa shape index (κ2) is 9.88. The second-order valence-corrected chi connectivity index (χ2v) is 10.6. The summed E-state index contributed by atoms with van der Waals surface area (Å²) < 4.78 is 8.38. The lowest BCUT2D eigenvalue weighted by atomic mass is 9.96. The van der Waals surface area contributed by atoms with Crippen LogP contribution in [0.5, 0.6) is 0 Å². The Morgan fingerprint density at radius 2 is 1.26 bits per heavy atom. The van der Waals surface area contributed by atoms with Gasteiger partial charge >= 0.3 is 0 Å². The number of para-hydroxylation sites is 3. The predicted octanol–water partition coefficient (Wildman–Crippen LogP) is 9.62. The predicted molar refractivity (Wildman–Crippen MR) is 175 cm³/mol. The van der Waals surface area contributed by atoms with Crippen molar-refractivity contribution in [2.75, 3.05) is 0 Å². The number of hydrogen-bond acceptors (Lipinski definition) is 3. The molecule has 0 amide bonds. The maximum absolute atomic E-state index is 6.85. The van der Waals surface area contributed by atoms with E-state index in [2.05, 4.69) is 102 Å². The quantitative estimate of drug-likeness (QED) is 0.174. The number of aromatic nitrogens is 1. The molecule has 0 fully saturated rings. The zero-order chi connectivity index (χ0) is 28.0. The maximum atomic E-state index is 6.85. The summed E-state index contributed by atoms with van der Waals surface area (Å²) in [6.07, 6.45) is 1.92. The van der Waals surface area contributed by atoms with Gasteiger partial charge < -0.3 is 10.2 Å². The van der Waals surface area contributed by atoms with E-state index in [0.29, 0.717) is 0 Å². The van der Waals surface area contributed by atoms with E-state index in [1.807, 2.05) is 48.8 Å². The Hall–Kier alpha value is -5.45. The van der Waals surface area contributed by atoms with E-state index in [9.17, 15) is 0 Å². The van der Waals surface area contributed by atoms with Crippen LogP contribution >= 0.6 is 0 Å². The average molecular weight is 542 g/mol. The summed E-state index contributed by atoms with van der Waals surface area (Å²) in [5, 5.41) is 4.49. The molecule has 6 aromatic carbocycles. The zero-order valence-corrected chi connectivity index (χ0v) is 22.8. The first-order chi connectivity index (χ1) is 20.7. The number of fused-ring (bicyclic) bond motifs is 6. The van der Waals surface area contributed by atoms with Gasteiger partial charge in [-0.2, -0.15) is 0 Å². The normalized spacial score (nSPS) is 12.7. The topological polar surface area (TPSA) is 56.4 Å². The van der Waals surface area contributed by atoms with Crippen LogP contribution in [0.3, 0.4) is 0 Å². The molecule has 0 radical (unpaired) electrons. The minimum atomic E-state index is -0.307. The molecule has 4 nitrogen and oxygen atoms in total. The van der Waals surface area contributed by atoms with Crippen LogP contribution in [0, 0.1) is 0 Å². The van der Waals surface area contributed by atoms with Crippen molar-refractivity contribution in [2.24, 2.45) is 10.7 Å². The summed E-state index contributed by atoms with van der Waals surface area (Å²) in [6, 6.07) is 47.7. The number of hydrogen-bond donors (Lipinski definition) is 1. The molecule has 0 saturated heterocycles. The molecule has 2 heterocycles. The van der Waals surface area contributed by atoms with E-state index in [1.54, 1.807) is 0 Å². The zero-order valence-electron chi connectivity index (χ0n) is 22.8. The molecule has 0 spiro atoms. The van der Waals surface area contributed by atoms with Gasteiger partial charge in [-0.25, -0.2) is 4.99 Å². The van der Waals surface area contributed by atoms with Gasteiger partial charge in [0.1, 0.15) is 17.5 Å². The van der Waals surface area contributed by atoms with Crippen LogP contribution in [0.25, 0.3) is 54.9 Å². The van der Waals surface area contributed by atoms with E-state index in [-0.39, 0.29) is 6.04 Å². The minimum absolute atomic E-state index is 0.307. The molecule has 2 aromatic heterocycles. The fourth-order valence-electron chi connectivity index (χ4n) is 6.02. The standard InChI is InChI=1S/C38H27N3O/c39-38(27-20-18-26(19-21-27)25-10-2-1-3-11-25)30-14-4-7-15-33(30)40-24-41-34-16-8-5-12-28(34)31-23-37-32(22-35(31)41)29-13-6-9-17-36(29)42-37/h1-24,38H,39H2. The van der Waals surface area contributed by atoms with E-state index in [0.717, 1.165) is 60.6 Å². The van der Waals surface area contributed by atoms with Crippen molar-refractivity contribution in [1.29, 1.82) is 0 Å². The third-order valence-corrected chi connectivity index (χ3v) is 8.17. The molecule has 8 aromatic rings. The molecule has 1 atom stereocenters. The number of rotatable bonds is 5. The molecule has 0 aliphatic rings. The van der Waals surface area contributed by atoms with Gasteiger partial charge in [0.05, 0.1) is 22.8 Å². The fraction of sp³-hybridized carbons (Fsp3) is 0.0263. The lowest BCUT2D eigenvalue weighted by molar-refractivity contribution is 0.669. The first-order valence-corrected chi connectivity index (χ1v) is 14.1. The summed E-state index contributed by atoms with van der Waals surface area (Å²) in [4.78, 5) is 5.03. The highest BCUT2D eigenvalue weighted by molar-refractivity contribution is 6.18. The van der Waals surface area contributed by atoms with Gasteiger partial charge in [0.25, 0.3) is 0 Å². The van der Waals surface area contributed by atoms with E-state index in [1.165, 1.54) is 11.1 Å². The Morgan fingerprint density at radius 3 is 2.12 bits per heavy atom. The molecule has 2 N–H and O–H groups in total. The Bertz CT molecular complexity index is 2260. The van der Waals surface area contributed by atoms with E-state index >= 15 is 0 Å². The minimum Gasteiger partial charge on any atom is -0.456 e. The van der Waals surface area contributed by atoms with Gasteiger partial charge in [-0.3, -0.25) is 4.57 Å². The molecule has 42 heavy (non-hydrogen) atoms. The maximum Gasteiger partial charge on any atom is 0.136 e. The van der Waals surface area contributed by atoms with Crippen molar-refractivity contribution in [2.45, 2.75) is 6.04 Å². The molecule has 200 valence electrons. The lowest BCUT2D eigenvalue weighted by Gasteiger charge is -2.15. The molecule has 4 heteroatoms. The summed E-state index contributed by atoms with van der Waals surface area (Å²) in [5.41, 5.74) is 16.0. The highest BCUT2D eigenvalue weighted by atomic mass is 16.3. The smallest absolute Gasteiger partial charge is 0.136 e. The van der Waals surface area contributed by atoms with Crippen LogP contribution in [0.2, 0.25) is 0 Å². The van der Waals surface area contributed by atoms with E-state index < -0.39 is 0 Å². The van der Waals surface area contributed by atoms with Gasteiger partial charge in [-0.05, 0) is 52.6 Å². The van der Waals surface area contributed by atoms with Crippen molar-refractivity contribution < 1.29 is 4.42 Å². The lowest BCUT2D eigenvalue weighted by Crippen LogP contribution is -2.12. The van der Waals surface area contributed by atoms with Crippen LogP contribution in [0.4, 0.5) is 5.69 Å². The first kappa shape index (κ1) is 24.4. The van der Waals surface area contributed by atoms with Crippen LogP contribution < -0.4 is 5.73 Å². The SMILES string of the molecule is NC(c1ccc(-c2ccccc2)cc1)c1ccccc1N=Cn1c2ccccc2c2cc3oc4ccccc4c3cc21. The van der Waals surface area contributed by atoms with E-state index in [4.69, 9.17) is 15.1 Å². The number of nitrogens with zero attached hydrogens (tertiary/aromatic N) is 2. The summed E-state index contributed by atoms with van der Waals surface area (Å²) in [6.45, 7) is 0. The molecule has 8 rings (SSSR count). The van der Waals surface area contributed by atoms with Gasteiger partial charge in [0.15, 0.2) is 0 Å². The third kappa shape index (κ3) is 4.00. The van der Waals surface area contributed by atoms with Crippen LogP contribution in [-0.4, -0.2) is 10.9 Å². The van der Waals surface area contributed by atoms with Crippen LogP contribution in [0.15, 0.2) is 149 Å². The number of benzene rings is 6.